The van der Waals surface area contributed by atoms with E-state index in [9.17, 15) is 13.2 Å². The maximum Gasteiger partial charge on any atom is 0.262 e. The van der Waals surface area contributed by atoms with E-state index < -0.39 is 9.84 Å². The third-order valence-corrected chi connectivity index (χ3v) is 7.69. The van der Waals surface area contributed by atoms with Crippen LogP contribution in [0.4, 0.5) is 5.69 Å². The predicted octanol–water partition coefficient (Wildman–Crippen LogP) is 4.76. The van der Waals surface area contributed by atoms with Crippen molar-refractivity contribution in [3.63, 3.8) is 0 Å². The van der Waals surface area contributed by atoms with Gasteiger partial charge in [0.25, 0.3) is 5.91 Å². The lowest BCUT2D eigenvalue weighted by Crippen LogP contribution is -2.17. The Balaban J connectivity index is 1.67. The van der Waals surface area contributed by atoms with E-state index in [1.807, 2.05) is 30.3 Å². The number of hydrogen-bond acceptors (Lipinski definition) is 6. The molecule has 3 aromatic carbocycles. The molecule has 0 aliphatic carbocycles. The van der Waals surface area contributed by atoms with Gasteiger partial charge in [-0.1, -0.05) is 48.2 Å². The molecule has 4 rings (SSSR count). The van der Waals surface area contributed by atoms with E-state index in [-0.39, 0.29) is 16.6 Å². The van der Waals surface area contributed by atoms with Crippen molar-refractivity contribution in [3.8, 4) is 11.5 Å². The molecule has 164 valence electrons. The zero-order chi connectivity index (χ0) is 22.7. The average molecular weight is 468 g/mol. The highest BCUT2D eigenvalue weighted by Gasteiger charge is 2.26. The van der Waals surface area contributed by atoms with Crippen molar-refractivity contribution in [2.45, 2.75) is 15.5 Å². The Kier molecular flexibility index (Phi) is 6.25. The van der Waals surface area contributed by atoms with Crippen molar-refractivity contribution in [2.75, 3.05) is 19.5 Å². The molecule has 0 aromatic heterocycles. The highest BCUT2D eigenvalue weighted by atomic mass is 32.2. The molecule has 32 heavy (non-hydrogen) atoms. The van der Waals surface area contributed by atoms with Crippen molar-refractivity contribution in [1.29, 1.82) is 0 Å². The van der Waals surface area contributed by atoms with E-state index >= 15 is 0 Å². The van der Waals surface area contributed by atoms with Crippen molar-refractivity contribution < 1.29 is 22.7 Å². The van der Waals surface area contributed by atoms with Gasteiger partial charge in [0, 0.05) is 4.90 Å². The molecule has 0 atom stereocenters. The molecule has 0 saturated heterocycles. The smallest absolute Gasteiger partial charge is 0.262 e. The van der Waals surface area contributed by atoms with Crippen LogP contribution in [0.1, 0.15) is 11.1 Å². The maximum atomic E-state index is 13.2. The van der Waals surface area contributed by atoms with Crippen LogP contribution in [-0.4, -0.2) is 28.5 Å². The number of rotatable bonds is 6. The van der Waals surface area contributed by atoms with E-state index in [1.54, 1.807) is 36.4 Å². The van der Waals surface area contributed by atoms with Gasteiger partial charge in [-0.25, -0.2) is 8.42 Å². The van der Waals surface area contributed by atoms with Gasteiger partial charge in [-0.05, 0) is 42.0 Å². The monoisotopic (exact) mass is 467 g/mol. The number of nitrogens with one attached hydrogen (secondary N) is 1. The van der Waals surface area contributed by atoms with Gasteiger partial charge in [0.2, 0.25) is 0 Å². The zero-order valence-electron chi connectivity index (χ0n) is 17.5. The van der Waals surface area contributed by atoms with Crippen molar-refractivity contribution >= 4 is 39.3 Å². The first-order valence-corrected chi connectivity index (χ1v) is 12.2. The van der Waals surface area contributed by atoms with Crippen LogP contribution in [-0.2, 0) is 20.4 Å². The van der Waals surface area contributed by atoms with E-state index in [2.05, 4.69) is 5.32 Å². The number of fused-ring (bicyclic) bond motifs is 1. The Labute approximate surface area is 191 Å². The number of ether oxygens (including phenoxy) is 2. The fourth-order valence-electron chi connectivity index (χ4n) is 3.37. The summed E-state index contributed by atoms with van der Waals surface area (Å²) in [4.78, 5) is 13.8. The largest absolute Gasteiger partial charge is 0.496 e. The van der Waals surface area contributed by atoms with Gasteiger partial charge >= 0.3 is 0 Å². The molecule has 0 saturated carbocycles. The number of sulfone groups is 1. The lowest BCUT2D eigenvalue weighted by Gasteiger charge is -2.20. The first kappa shape index (κ1) is 22.0. The van der Waals surface area contributed by atoms with Gasteiger partial charge in [0.15, 0.2) is 9.84 Å². The third-order valence-electron chi connectivity index (χ3n) is 4.97. The van der Waals surface area contributed by atoms with Gasteiger partial charge in [-0.15, -0.1) is 0 Å². The molecule has 3 aromatic rings. The number of thioether (sulfide) groups is 1. The Morgan fingerprint density at radius 1 is 0.938 bits per heavy atom. The average Bonchev–Trinajstić information content (AvgIpc) is 2.80. The van der Waals surface area contributed by atoms with Crippen molar-refractivity contribution in [2.24, 2.45) is 0 Å². The molecule has 1 N–H and O–H groups in total. The van der Waals surface area contributed by atoms with E-state index in [0.717, 1.165) is 5.56 Å². The van der Waals surface area contributed by atoms with Crippen molar-refractivity contribution in [1.82, 2.24) is 0 Å². The second-order valence-electron chi connectivity index (χ2n) is 7.03. The molecule has 0 bridgehead atoms. The maximum absolute atomic E-state index is 13.2. The number of amides is 1. The van der Waals surface area contributed by atoms with Crippen LogP contribution < -0.4 is 14.8 Å². The van der Waals surface area contributed by atoms with Crippen LogP contribution in [0.5, 0.6) is 11.5 Å². The van der Waals surface area contributed by atoms with Gasteiger partial charge in [0.05, 0.1) is 41.0 Å². The molecule has 6 nitrogen and oxygen atoms in total. The molecule has 1 amide bonds. The number of carbonyl (C=O) groups is 1. The lowest BCUT2D eigenvalue weighted by molar-refractivity contribution is -0.112. The molecular formula is C24H21NO5S2. The molecular weight excluding hydrogens is 446 g/mol. The van der Waals surface area contributed by atoms with Gasteiger partial charge < -0.3 is 14.8 Å². The molecule has 1 aliphatic rings. The van der Waals surface area contributed by atoms with E-state index in [4.69, 9.17) is 9.47 Å². The Hall–Kier alpha value is -3.23. The lowest BCUT2D eigenvalue weighted by atomic mass is 10.2. The van der Waals surface area contributed by atoms with Crippen LogP contribution in [0.15, 0.2) is 81.4 Å². The van der Waals surface area contributed by atoms with Crippen LogP contribution >= 0.6 is 11.8 Å². The summed E-state index contributed by atoms with van der Waals surface area (Å²) in [7, 11) is -0.728. The number of anilines is 1. The van der Waals surface area contributed by atoms with Crippen LogP contribution in [0.3, 0.4) is 0 Å². The number of benzene rings is 3. The van der Waals surface area contributed by atoms with Crippen LogP contribution in [0, 0.1) is 0 Å². The summed E-state index contributed by atoms with van der Waals surface area (Å²) in [6, 6.07) is 19.3. The Morgan fingerprint density at radius 2 is 1.62 bits per heavy atom. The highest BCUT2D eigenvalue weighted by Crippen LogP contribution is 2.41. The standard InChI is InChI=1S/C24H21NO5S2/c1-29-20-9-6-10-21(30-2)18(20)15-32(27,28)17-11-12-19-22(14-17)31-23(24(26)25-19)13-16-7-4-3-5-8-16/h3-14H,15H2,1-2H3,(H,25,26)/b23-13+. The summed E-state index contributed by atoms with van der Waals surface area (Å²) >= 11 is 1.25. The zero-order valence-corrected chi connectivity index (χ0v) is 19.1. The van der Waals surface area contributed by atoms with Gasteiger partial charge in [-0.2, -0.15) is 0 Å². The summed E-state index contributed by atoms with van der Waals surface area (Å²) in [5.74, 6) is 0.393. The van der Waals surface area contributed by atoms with Gasteiger partial charge in [-0.3, -0.25) is 4.79 Å². The molecule has 0 unspecified atom stereocenters. The SMILES string of the molecule is COc1cccc(OC)c1CS(=O)(=O)c1ccc2c(c1)S/C(=C/c1ccccc1)C(=O)N2. The van der Waals surface area contributed by atoms with E-state index in [0.29, 0.717) is 32.6 Å². The molecule has 1 aliphatic heterocycles. The summed E-state index contributed by atoms with van der Waals surface area (Å²) in [5, 5.41) is 2.83. The Morgan fingerprint density at radius 3 is 2.28 bits per heavy atom. The Bertz CT molecular complexity index is 1280. The highest BCUT2D eigenvalue weighted by molar-refractivity contribution is 8.04. The number of methoxy groups -OCH3 is 2. The molecule has 0 spiro atoms. The minimum absolute atomic E-state index is 0.159. The minimum atomic E-state index is -3.71. The molecule has 0 fully saturated rings. The third kappa shape index (κ3) is 4.51. The summed E-state index contributed by atoms with van der Waals surface area (Å²) in [6.45, 7) is 0. The first-order valence-electron chi connectivity index (χ1n) is 9.74. The molecule has 8 heteroatoms. The predicted molar refractivity (Wildman–Crippen MR) is 126 cm³/mol. The topological polar surface area (TPSA) is 81.7 Å². The van der Waals surface area contributed by atoms with Crippen LogP contribution in [0.25, 0.3) is 6.08 Å². The molecule has 1 heterocycles. The minimum Gasteiger partial charge on any atom is -0.496 e. The second kappa shape index (κ2) is 9.10. The summed E-state index contributed by atoms with van der Waals surface area (Å²) in [6.07, 6.45) is 1.78. The fourth-order valence-corrected chi connectivity index (χ4v) is 5.84. The van der Waals surface area contributed by atoms with E-state index in [1.165, 1.54) is 32.0 Å². The summed E-state index contributed by atoms with van der Waals surface area (Å²) < 4.78 is 37.2. The fraction of sp³-hybridized carbons (Fsp3) is 0.125. The first-order chi connectivity index (χ1) is 15.4. The quantitative estimate of drug-likeness (QED) is 0.526. The second-order valence-corrected chi connectivity index (χ2v) is 10.1. The van der Waals surface area contributed by atoms with Crippen LogP contribution in [0.2, 0.25) is 0 Å². The van der Waals surface area contributed by atoms with Crippen molar-refractivity contribution in [3.05, 3.63) is 82.8 Å². The number of hydrogen-bond donors (Lipinski definition) is 1. The normalized spacial score (nSPS) is 14.6. The molecule has 0 radical (unpaired) electrons. The number of carbonyl (C=O) groups excluding carboxylic acids is 1. The summed E-state index contributed by atoms with van der Waals surface area (Å²) in [5.41, 5.74) is 1.93. The van der Waals surface area contributed by atoms with Gasteiger partial charge in [0.1, 0.15) is 11.5 Å².